The van der Waals surface area contributed by atoms with Gasteiger partial charge in [0.1, 0.15) is 0 Å². The molecule has 2 aliphatic heterocycles. The fourth-order valence-electron chi connectivity index (χ4n) is 2.73. The van der Waals surface area contributed by atoms with Crippen LogP contribution >= 0.6 is 11.8 Å². The van der Waals surface area contributed by atoms with Crippen LogP contribution in [-0.2, 0) is 0 Å². The summed E-state index contributed by atoms with van der Waals surface area (Å²) in [4.78, 5) is 2.47. The second kappa shape index (κ2) is 5.55. The van der Waals surface area contributed by atoms with Gasteiger partial charge in [0, 0.05) is 23.6 Å². The van der Waals surface area contributed by atoms with Crippen LogP contribution in [0.4, 0.5) is 0 Å². The molecule has 0 saturated carbocycles. The third kappa shape index (κ3) is 3.65. The number of nitrogens with one attached hydrogen (secondary N) is 1. The summed E-state index contributed by atoms with van der Waals surface area (Å²) in [5, 5.41) is 4.63. The van der Waals surface area contributed by atoms with E-state index in [1.165, 1.54) is 44.6 Å². The normalized spacial score (nSPS) is 38.4. The maximum atomic E-state index is 3.75. The van der Waals surface area contributed by atoms with Gasteiger partial charge in [-0.05, 0) is 45.3 Å². The van der Waals surface area contributed by atoms with Gasteiger partial charge in [0.05, 0.1) is 0 Å². The Morgan fingerprint density at radius 2 is 2.33 bits per heavy atom. The highest BCUT2D eigenvalue weighted by Crippen LogP contribution is 2.26. The minimum Gasteiger partial charge on any atom is -0.313 e. The number of nitrogens with zero attached hydrogens (tertiary/aromatic N) is 1. The average Bonchev–Trinajstić information content (AvgIpc) is 2.62. The Morgan fingerprint density at radius 3 is 3.00 bits per heavy atom. The molecular formula is C12H24N2S. The SMILES string of the molecule is CC1CC(NCC2CCCN(C)C2)CS1. The van der Waals surface area contributed by atoms with Gasteiger partial charge in [0.15, 0.2) is 0 Å². The van der Waals surface area contributed by atoms with Crippen LogP contribution in [0.2, 0.25) is 0 Å². The van der Waals surface area contributed by atoms with Crippen molar-refractivity contribution < 1.29 is 0 Å². The van der Waals surface area contributed by atoms with Gasteiger partial charge >= 0.3 is 0 Å². The minimum atomic E-state index is 0.789. The maximum absolute atomic E-state index is 3.75. The van der Waals surface area contributed by atoms with Crippen LogP contribution < -0.4 is 5.32 Å². The Labute approximate surface area is 98.2 Å². The van der Waals surface area contributed by atoms with E-state index >= 15 is 0 Å². The highest BCUT2D eigenvalue weighted by atomic mass is 32.2. The van der Waals surface area contributed by atoms with Crippen LogP contribution in [0, 0.1) is 5.92 Å². The summed E-state index contributed by atoms with van der Waals surface area (Å²) < 4.78 is 0. The molecule has 3 unspecified atom stereocenters. The van der Waals surface area contributed by atoms with Gasteiger partial charge in [-0.1, -0.05) is 6.92 Å². The Morgan fingerprint density at radius 1 is 1.47 bits per heavy atom. The van der Waals surface area contributed by atoms with Gasteiger partial charge in [-0.25, -0.2) is 0 Å². The lowest BCUT2D eigenvalue weighted by atomic mass is 9.98. The summed E-state index contributed by atoms with van der Waals surface area (Å²) in [5.41, 5.74) is 0. The Bertz CT molecular complexity index is 198. The third-order valence-electron chi connectivity index (χ3n) is 3.62. The molecule has 15 heavy (non-hydrogen) atoms. The van der Waals surface area contributed by atoms with Gasteiger partial charge in [-0.3, -0.25) is 0 Å². The van der Waals surface area contributed by atoms with Crippen LogP contribution in [0.15, 0.2) is 0 Å². The van der Waals surface area contributed by atoms with Crippen molar-refractivity contribution in [2.24, 2.45) is 5.92 Å². The number of piperidine rings is 1. The van der Waals surface area contributed by atoms with E-state index in [-0.39, 0.29) is 0 Å². The van der Waals surface area contributed by atoms with Crippen molar-refractivity contribution in [2.75, 3.05) is 32.4 Å². The van der Waals surface area contributed by atoms with Gasteiger partial charge in [0.25, 0.3) is 0 Å². The van der Waals surface area contributed by atoms with Gasteiger partial charge in [-0.2, -0.15) is 11.8 Å². The smallest absolute Gasteiger partial charge is 0.0168 e. The molecule has 0 spiro atoms. The van der Waals surface area contributed by atoms with Crippen molar-refractivity contribution in [3.8, 4) is 0 Å². The number of hydrogen-bond acceptors (Lipinski definition) is 3. The molecule has 0 aromatic heterocycles. The molecular weight excluding hydrogens is 204 g/mol. The summed E-state index contributed by atoms with van der Waals surface area (Å²) in [7, 11) is 2.25. The highest BCUT2D eigenvalue weighted by Gasteiger charge is 2.23. The molecule has 1 N–H and O–H groups in total. The Hall–Kier alpha value is 0.270. The van der Waals surface area contributed by atoms with Crippen molar-refractivity contribution >= 4 is 11.8 Å². The number of rotatable bonds is 3. The van der Waals surface area contributed by atoms with Crippen LogP contribution in [0.3, 0.4) is 0 Å². The summed E-state index contributed by atoms with van der Waals surface area (Å²) in [6.45, 7) is 6.18. The number of thioether (sulfide) groups is 1. The van der Waals surface area contributed by atoms with Crippen molar-refractivity contribution in [3.63, 3.8) is 0 Å². The van der Waals surface area contributed by atoms with E-state index < -0.39 is 0 Å². The van der Waals surface area contributed by atoms with Crippen LogP contribution in [0.25, 0.3) is 0 Å². The molecule has 2 fully saturated rings. The van der Waals surface area contributed by atoms with E-state index in [1.807, 2.05) is 0 Å². The standard InChI is InChI=1S/C12H24N2S/c1-10-6-12(9-15-10)13-7-11-4-3-5-14(2)8-11/h10-13H,3-9H2,1-2H3. The molecule has 2 aliphatic rings. The molecule has 88 valence electrons. The van der Waals surface area contributed by atoms with Crippen molar-refractivity contribution in [3.05, 3.63) is 0 Å². The van der Waals surface area contributed by atoms with E-state index in [1.54, 1.807) is 0 Å². The zero-order valence-corrected chi connectivity index (χ0v) is 10.9. The topological polar surface area (TPSA) is 15.3 Å². The van der Waals surface area contributed by atoms with Gasteiger partial charge in [0.2, 0.25) is 0 Å². The fourth-order valence-corrected chi connectivity index (χ4v) is 3.92. The predicted molar refractivity (Wildman–Crippen MR) is 68.5 cm³/mol. The summed E-state index contributed by atoms with van der Waals surface area (Å²) in [5.74, 6) is 2.22. The average molecular weight is 228 g/mol. The van der Waals surface area contributed by atoms with Crippen LogP contribution in [0.5, 0.6) is 0 Å². The van der Waals surface area contributed by atoms with Crippen molar-refractivity contribution in [1.29, 1.82) is 0 Å². The lowest BCUT2D eigenvalue weighted by molar-refractivity contribution is 0.203. The summed E-state index contributed by atoms with van der Waals surface area (Å²) in [6, 6.07) is 0.789. The van der Waals surface area contributed by atoms with Crippen molar-refractivity contribution in [1.82, 2.24) is 10.2 Å². The van der Waals surface area contributed by atoms with Crippen molar-refractivity contribution in [2.45, 2.75) is 37.5 Å². The molecule has 2 saturated heterocycles. The molecule has 3 heteroatoms. The lowest BCUT2D eigenvalue weighted by Crippen LogP contribution is -2.40. The fraction of sp³-hybridized carbons (Fsp3) is 1.00. The molecule has 0 amide bonds. The monoisotopic (exact) mass is 228 g/mol. The van der Waals surface area contributed by atoms with Gasteiger partial charge < -0.3 is 10.2 Å². The maximum Gasteiger partial charge on any atom is 0.0168 e. The molecule has 3 atom stereocenters. The lowest BCUT2D eigenvalue weighted by Gasteiger charge is -2.30. The van der Waals surface area contributed by atoms with Crippen LogP contribution in [0.1, 0.15) is 26.2 Å². The second-order valence-electron chi connectivity index (χ2n) is 5.26. The Kier molecular flexibility index (Phi) is 4.35. The third-order valence-corrected chi connectivity index (χ3v) is 4.97. The molecule has 2 rings (SSSR count). The molecule has 0 aromatic carbocycles. The highest BCUT2D eigenvalue weighted by molar-refractivity contribution is 8.00. The van der Waals surface area contributed by atoms with E-state index in [0.717, 1.165) is 17.2 Å². The van der Waals surface area contributed by atoms with E-state index in [9.17, 15) is 0 Å². The first kappa shape index (κ1) is 11.7. The zero-order valence-electron chi connectivity index (χ0n) is 10.0. The van der Waals surface area contributed by atoms with E-state index in [2.05, 4.69) is 35.9 Å². The van der Waals surface area contributed by atoms with Gasteiger partial charge in [-0.15, -0.1) is 0 Å². The molecule has 0 radical (unpaired) electrons. The summed E-state index contributed by atoms with van der Waals surface area (Å²) in [6.07, 6.45) is 4.18. The second-order valence-corrected chi connectivity index (χ2v) is 6.73. The molecule has 0 bridgehead atoms. The molecule has 0 aliphatic carbocycles. The summed E-state index contributed by atoms with van der Waals surface area (Å²) >= 11 is 2.12. The number of hydrogen-bond donors (Lipinski definition) is 1. The van der Waals surface area contributed by atoms with E-state index in [4.69, 9.17) is 0 Å². The first-order valence-corrected chi connectivity index (χ1v) is 7.32. The molecule has 2 nitrogen and oxygen atoms in total. The predicted octanol–water partition coefficient (Wildman–Crippen LogP) is 1.81. The first-order valence-electron chi connectivity index (χ1n) is 6.27. The van der Waals surface area contributed by atoms with E-state index in [0.29, 0.717) is 0 Å². The zero-order chi connectivity index (χ0) is 10.7. The number of likely N-dealkylation sites (tertiary alicyclic amines) is 1. The quantitative estimate of drug-likeness (QED) is 0.793. The molecule has 0 aromatic rings. The largest absolute Gasteiger partial charge is 0.313 e. The Balaban J connectivity index is 1.64. The van der Waals surface area contributed by atoms with Crippen LogP contribution in [-0.4, -0.2) is 48.6 Å². The minimum absolute atomic E-state index is 0.789. The molecule has 2 heterocycles. The first-order chi connectivity index (χ1) is 7.24.